The monoisotopic (exact) mass is 603 g/mol. The first-order valence-corrected chi connectivity index (χ1v) is 13.0. The third-order valence-electron chi connectivity index (χ3n) is 5.30. The minimum Gasteiger partial charge on any atom is -0.490 e. The summed E-state index contributed by atoms with van der Waals surface area (Å²) in [6, 6.07) is 11.0. The first-order valence-electron chi connectivity index (χ1n) is 13.0. The van der Waals surface area contributed by atoms with Crippen molar-refractivity contribution in [3.05, 3.63) is 78.0 Å². The maximum atomic E-state index is 13.3. The number of anilines is 1. The molecule has 0 radical (unpaired) electrons. The molecule has 0 fully saturated rings. The van der Waals surface area contributed by atoms with Crippen molar-refractivity contribution >= 4 is 30.1 Å². The number of nitrogens with zero attached hydrogens (tertiary/aromatic N) is 2. The second-order valence-electron chi connectivity index (χ2n) is 8.79. The Labute approximate surface area is 252 Å². The van der Waals surface area contributed by atoms with E-state index in [2.05, 4.69) is 34.5 Å². The fraction of sp³-hybridized carbons (Fsp3) is 0.333. The normalized spacial score (nSPS) is 11.7. The van der Waals surface area contributed by atoms with Crippen LogP contribution in [0.3, 0.4) is 0 Å². The van der Waals surface area contributed by atoms with Gasteiger partial charge in [-0.05, 0) is 82.7 Å². The minimum atomic E-state index is -0.954. The Morgan fingerprint density at radius 3 is 2.23 bits per heavy atom. The predicted octanol–water partition coefficient (Wildman–Crippen LogP) is 3.94. The summed E-state index contributed by atoms with van der Waals surface area (Å²) < 4.78 is 30.9. The Hall–Kier alpha value is -4.78. The molecule has 13 heteroatoms. The number of carbonyl (C=O) groups is 2. The highest BCUT2D eigenvalue weighted by molar-refractivity contribution is 5.97. The molecule has 11 nitrogen and oxygen atoms in total. The van der Waals surface area contributed by atoms with Crippen molar-refractivity contribution in [3.8, 4) is 11.5 Å². The maximum absolute atomic E-state index is 13.3. The van der Waals surface area contributed by atoms with E-state index in [1.165, 1.54) is 12.2 Å². The van der Waals surface area contributed by atoms with E-state index in [9.17, 15) is 18.4 Å². The van der Waals surface area contributed by atoms with Gasteiger partial charge in [-0.1, -0.05) is 18.7 Å². The molecule has 236 valence electrons. The maximum Gasteiger partial charge on any atom is 0.288 e. The van der Waals surface area contributed by atoms with E-state index >= 15 is 0 Å². The van der Waals surface area contributed by atoms with Gasteiger partial charge in [-0.3, -0.25) is 39.6 Å². The van der Waals surface area contributed by atoms with Crippen LogP contribution in [0.5, 0.6) is 11.5 Å². The number of hydrogen-bond acceptors (Lipinski definition) is 8. The minimum absolute atomic E-state index is 0.0124. The molecular weight excluding hydrogens is 560 g/mol. The van der Waals surface area contributed by atoms with Crippen LogP contribution >= 0.6 is 0 Å². The molecule has 2 aromatic rings. The second kappa shape index (κ2) is 21.0. The molecule has 0 aromatic heterocycles. The van der Waals surface area contributed by atoms with Crippen LogP contribution in [0, 0.1) is 5.41 Å². The molecule has 2 atom stereocenters. The third kappa shape index (κ3) is 13.2. The molecule has 2 rings (SSSR count). The largest absolute Gasteiger partial charge is 0.490 e. The standard InChI is InChI=1S/C28H37N7O4.2CH3F/c1-7-9-22(31-4)27(36)33-34-28(37)25(32-21-13-10-19(11-14-21)26(29)30)20-12-15-23(24(16-20)38-8-2)39-18(3)17-35(5)6;2*1-2/h7,9-16,18,25,32H,1,4,8,17H2,2-3,5-6H3,(H3,29,30)(H,33,36)(H,34,37);2*1H3/b22-9-;;. The highest BCUT2D eigenvalue weighted by atomic mass is 19.1. The Morgan fingerprint density at radius 1 is 1.09 bits per heavy atom. The molecule has 0 saturated carbocycles. The summed E-state index contributed by atoms with van der Waals surface area (Å²) in [4.78, 5) is 31.4. The van der Waals surface area contributed by atoms with Crippen LogP contribution in [0.15, 0.2) is 71.9 Å². The zero-order chi connectivity index (χ0) is 32.9. The lowest BCUT2D eigenvalue weighted by molar-refractivity contribution is -0.127. The molecular formula is C30H43F2N7O4. The summed E-state index contributed by atoms with van der Waals surface area (Å²) in [5.41, 5.74) is 12.0. The zero-order valence-corrected chi connectivity index (χ0v) is 25.5. The molecule has 0 heterocycles. The Balaban J connectivity index is 0.00000422. The van der Waals surface area contributed by atoms with Gasteiger partial charge < -0.3 is 25.4 Å². The van der Waals surface area contributed by atoms with Crippen LogP contribution < -0.4 is 31.4 Å². The van der Waals surface area contributed by atoms with Gasteiger partial charge in [0.2, 0.25) is 0 Å². The zero-order valence-electron chi connectivity index (χ0n) is 25.5. The summed E-state index contributed by atoms with van der Waals surface area (Å²) in [5.74, 6) is -0.263. The lowest BCUT2D eigenvalue weighted by atomic mass is 10.0. The molecule has 0 aliphatic carbocycles. The molecule has 2 unspecified atom stereocenters. The van der Waals surface area contributed by atoms with E-state index in [1.807, 2.05) is 32.8 Å². The van der Waals surface area contributed by atoms with E-state index in [0.717, 1.165) is 0 Å². The number of hydrazine groups is 1. The van der Waals surface area contributed by atoms with Crippen molar-refractivity contribution in [2.75, 3.05) is 46.9 Å². The number of ether oxygens (including phenoxy) is 2. The van der Waals surface area contributed by atoms with E-state index in [0.29, 0.717) is 55.8 Å². The van der Waals surface area contributed by atoms with Gasteiger partial charge in [-0.25, -0.2) is 0 Å². The SMILES string of the molecule is C=C/C=C(\N=C)C(=O)NNC(=O)C(Nc1ccc(C(=N)N)cc1)c1ccc(OC(C)CN(C)C)c(OCC)c1.CF.CF. The molecule has 0 saturated heterocycles. The third-order valence-corrected chi connectivity index (χ3v) is 5.30. The van der Waals surface area contributed by atoms with Crippen LogP contribution in [0.25, 0.3) is 0 Å². The van der Waals surface area contributed by atoms with Crippen molar-refractivity contribution in [1.29, 1.82) is 5.41 Å². The predicted molar refractivity (Wildman–Crippen MR) is 168 cm³/mol. The number of aliphatic imine (C=N–C) groups is 1. The first-order chi connectivity index (χ1) is 20.6. The number of nitrogen functional groups attached to an aromatic ring is 1. The quantitative estimate of drug-likeness (QED) is 0.0721. The number of hydrogen-bond donors (Lipinski definition) is 5. The molecule has 0 aliphatic heterocycles. The van der Waals surface area contributed by atoms with Gasteiger partial charge in [0.15, 0.2) is 11.5 Å². The fourth-order valence-corrected chi connectivity index (χ4v) is 3.62. The number of alkyl halides is 2. The van der Waals surface area contributed by atoms with Gasteiger partial charge >= 0.3 is 0 Å². The van der Waals surface area contributed by atoms with Crippen molar-refractivity contribution in [2.45, 2.75) is 26.0 Å². The lowest BCUT2D eigenvalue weighted by Gasteiger charge is -2.23. The molecule has 2 amide bonds. The highest BCUT2D eigenvalue weighted by Crippen LogP contribution is 2.33. The molecule has 0 aliphatic rings. The summed E-state index contributed by atoms with van der Waals surface area (Å²) in [7, 11) is 4.93. The van der Waals surface area contributed by atoms with Gasteiger partial charge in [-0.2, -0.15) is 0 Å². The van der Waals surface area contributed by atoms with Crippen LogP contribution in [0.1, 0.15) is 31.0 Å². The van der Waals surface area contributed by atoms with Gasteiger partial charge in [0.25, 0.3) is 11.8 Å². The van der Waals surface area contributed by atoms with Gasteiger partial charge in [0.1, 0.15) is 23.7 Å². The summed E-state index contributed by atoms with van der Waals surface area (Å²) in [5, 5.41) is 10.8. The smallest absolute Gasteiger partial charge is 0.288 e. The second-order valence-corrected chi connectivity index (χ2v) is 8.79. The lowest BCUT2D eigenvalue weighted by Crippen LogP contribution is -2.45. The molecule has 0 spiro atoms. The van der Waals surface area contributed by atoms with E-state index in [4.69, 9.17) is 20.6 Å². The van der Waals surface area contributed by atoms with Gasteiger partial charge in [-0.15, -0.1) is 0 Å². The number of nitrogens with two attached hydrogens (primary N) is 1. The fourth-order valence-electron chi connectivity index (χ4n) is 3.62. The van der Waals surface area contributed by atoms with Crippen molar-refractivity contribution in [3.63, 3.8) is 0 Å². The molecule has 43 heavy (non-hydrogen) atoms. The number of nitrogens with one attached hydrogen (secondary N) is 4. The van der Waals surface area contributed by atoms with Crippen molar-refractivity contribution in [1.82, 2.24) is 15.8 Å². The van der Waals surface area contributed by atoms with Crippen LogP contribution in [0.4, 0.5) is 14.5 Å². The number of benzene rings is 2. The number of amidine groups is 1. The Bertz CT molecular complexity index is 1220. The summed E-state index contributed by atoms with van der Waals surface area (Å²) in [6.07, 6.45) is 2.65. The number of likely N-dealkylation sites (N-methyl/N-ethyl adjacent to an activating group) is 1. The van der Waals surface area contributed by atoms with Gasteiger partial charge in [0.05, 0.1) is 21.0 Å². The van der Waals surface area contributed by atoms with E-state index in [-0.39, 0.29) is 17.6 Å². The average molecular weight is 604 g/mol. The Kier molecular flexibility index (Phi) is 18.7. The first kappa shape index (κ1) is 38.2. The number of rotatable bonds is 14. The van der Waals surface area contributed by atoms with Crippen LogP contribution in [-0.4, -0.2) is 77.0 Å². The highest BCUT2D eigenvalue weighted by Gasteiger charge is 2.24. The molecule has 0 bridgehead atoms. The summed E-state index contributed by atoms with van der Waals surface area (Å²) >= 11 is 0. The van der Waals surface area contributed by atoms with Crippen LogP contribution in [0.2, 0.25) is 0 Å². The van der Waals surface area contributed by atoms with Crippen molar-refractivity contribution in [2.24, 2.45) is 10.7 Å². The van der Waals surface area contributed by atoms with E-state index < -0.39 is 17.9 Å². The number of halogens is 2. The number of allylic oxidation sites excluding steroid dienone is 2. The van der Waals surface area contributed by atoms with E-state index in [1.54, 1.807) is 42.5 Å². The summed E-state index contributed by atoms with van der Waals surface area (Å²) in [6.45, 7) is 11.8. The average Bonchev–Trinajstić information content (AvgIpc) is 3.00. The van der Waals surface area contributed by atoms with Gasteiger partial charge in [0, 0.05) is 17.8 Å². The van der Waals surface area contributed by atoms with Crippen molar-refractivity contribution < 1.29 is 27.8 Å². The molecule has 6 N–H and O–H groups in total. The number of carbonyl (C=O) groups excluding carboxylic acids is 2. The Morgan fingerprint density at radius 2 is 1.72 bits per heavy atom. The molecule has 2 aromatic carbocycles. The van der Waals surface area contributed by atoms with Crippen LogP contribution in [-0.2, 0) is 9.59 Å². The topological polar surface area (TPSA) is 154 Å². The number of amides is 2.